The molecule has 21 heavy (non-hydrogen) atoms. The van der Waals surface area contributed by atoms with Gasteiger partial charge in [0.15, 0.2) is 0 Å². The number of hydrogen-bond donors (Lipinski definition) is 1. The van der Waals surface area contributed by atoms with Crippen LogP contribution in [0.2, 0.25) is 0 Å². The van der Waals surface area contributed by atoms with Crippen LogP contribution in [0.15, 0.2) is 18.2 Å². The predicted octanol–water partition coefficient (Wildman–Crippen LogP) is 4.79. The molecule has 0 radical (unpaired) electrons. The molecule has 0 fully saturated rings. The van der Waals surface area contributed by atoms with Crippen molar-refractivity contribution >= 4 is 27.5 Å². The van der Waals surface area contributed by atoms with Crippen molar-refractivity contribution in [2.45, 2.75) is 52.3 Å². The Hall–Kier alpha value is -1.03. The fraction of sp³-hybridized carbons (Fsp3) is 0.588. The third-order valence-electron chi connectivity index (χ3n) is 2.90. The van der Waals surface area contributed by atoms with E-state index in [9.17, 15) is 4.79 Å². The molecule has 1 rings (SSSR count). The molecule has 1 amide bonds. The van der Waals surface area contributed by atoms with E-state index < -0.39 is 5.41 Å². The summed E-state index contributed by atoms with van der Waals surface area (Å²) in [5.41, 5.74) is 1.47. The standard InChI is InChI=1S/C17H26BrNO2/c1-7-21-14-10-12(11-17(5,6)18)8-9-13(14)19-15(20)16(2,3)4/h8-10H,7,11H2,1-6H3,(H,19,20). The zero-order valence-electron chi connectivity index (χ0n) is 13.8. The van der Waals surface area contributed by atoms with Gasteiger partial charge in [-0.2, -0.15) is 0 Å². The minimum Gasteiger partial charge on any atom is -0.492 e. The second-order valence-electron chi connectivity index (χ2n) is 6.86. The molecule has 1 aromatic rings. The summed E-state index contributed by atoms with van der Waals surface area (Å²) in [6.45, 7) is 12.4. The Balaban J connectivity index is 3.02. The first kappa shape index (κ1) is 18.0. The van der Waals surface area contributed by atoms with Gasteiger partial charge in [0.2, 0.25) is 5.91 Å². The monoisotopic (exact) mass is 355 g/mol. The zero-order valence-corrected chi connectivity index (χ0v) is 15.4. The number of benzene rings is 1. The van der Waals surface area contributed by atoms with Crippen LogP contribution in [-0.2, 0) is 11.2 Å². The molecule has 0 atom stereocenters. The van der Waals surface area contributed by atoms with Crippen LogP contribution in [0, 0.1) is 5.41 Å². The number of amides is 1. The van der Waals surface area contributed by atoms with Gasteiger partial charge in [0.05, 0.1) is 12.3 Å². The van der Waals surface area contributed by atoms with Crippen molar-refractivity contribution in [1.82, 2.24) is 0 Å². The summed E-state index contributed by atoms with van der Waals surface area (Å²) < 4.78 is 5.71. The molecule has 3 nitrogen and oxygen atoms in total. The van der Waals surface area contributed by atoms with E-state index >= 15 is 0 Å². The van der Waals surface area contributed by atoms with Gasteiger partial charge in [0.25, 0.3) is 0 Å². The number of rotatable bonds is 5. The first-order valence-electron chi connectivity index (χ1n) is 7.29. The van der Waals surface area contributed by atoms with Crippen molar-refractivity contribution in [1.29, 1.82) is 0 Å². The highest BCUT2D eigenvalue weighted by Gasteiger charge is 2.23. The van der Waals surface area contributed by atoms with E-state index in [1.165, 1.54) is 5.56 Å². The van der Waals surface area contributed by atoms with Gasteiger partial charge >= 0.3 is 0 Å². The average molecular weight is 356 g/mol. The molecule has 0 aliphatic heterocycles. The minimum absolute atomic E-state index is 0.0166. The lowest BCUT2D eigenvalue weighted by molar-refractivity contribution is -0.123. The molecule has 0 aliphatic carbocycles. The van der Waals surface area contributed by atoms with Gasteiger partial charge in [-0.25, -0.2) is 0 Å². The maximum absolute atomic E-state index is 12.1. The van der Waals surface area contributed by atoms with Crippen LogP contribution in [-0.4, -0.2) is 16.8 Å². The van der Waals surface area contributed by atoms with Crippen molar-refractivity contribution in [3.63, 3.8) is 0 Å². The maximum atomic E-state index is 12.1. The van der Waals surface area contributed by atoms with Crippen LogP contribution >= 0.6 is 15.9 Å². The maximum Gasteiger partial charge on any atom is 0.229 e. The van der Waals surface area contributed by atoms with Crippen LogP contribution in [0.25, 0.3) is 0 Å². The summed E-state index contributed by atoms with van der Waals surface area (Å²) in [5, 5.41) is 2.95. The zero-order chi connectivity index (χ0) is 16.3. The van der Waals surface area contributed by atoms with E-state index in [1.54, 1.807) is 0 Å². The number of anilines is 1. The average Bonchev–Trinajstić information content (AvgIpc) is 2.29. The summed E-state index contributed by atoms with van der Waals surface area (Å²) in [7, 11) is 0. The Morgan fingerprint density at radius 2 is 1.86 bits per heavy atom. The first-order valence-corrected chi connectivity index (χ1v) is 8.08. The second-order valence-corrected chi connectivity index (χ2v) is 9.01. The molecule has 0 aliphatic rings. The molecular formula is C17H26BrNO2. The van der Waals surface area contributed by atoms with Crippen molar-refractivity contribution in [3.8, 4) is 5.75 Å². The molecule has 1 N–H and O–H groups in total. The molecule has 0 spiro atoms. The first-order chi connectivity index (χ1) is 9.53. The van der Waals surface area contributed by atoms with Crippen molar-refractivity contribution < 1.29 is 9.53 Å². The summed E-state index contributed by atoms with van der Waals surface area (Å²) >= 11 is 3.65. The quantitative estimate of drug-likeness (QED) is 0.771. The largest absolute Gasteiger partial charge is 0.492 e. The third kappa shape index (κ3) is 6.08. The lowest BCUT2D eigenvalue weighted by atomic mass is 9.95. The molecule has 1 aromatic carbocycles. The second kappa shape index (κ2) is 6.82. The fourth-order valence-electron chi connectivity index (χ4n) is 1.85. The van der Waals surface area contributed by atoms with E-state index in [4.69, 9.17) is 4.74 Å². The molecular weight excluding hydrogens is 330 g/mol. The van der Waals surface area contributed by atoms with Crippen molar-refractivity contribution in [2.75, 3.05) is 11.9 Å². The van der Waals surface area contributed by atoms with E-state index in [-0.39, 0.29) is 10.2 Å². The van der Waals surface area contributed by atoms with Gasteiger partial charge in [0.1, 0.15) is 5.75 Å². The highest BCUT2D eigenvalue weighted by molar-refractivity contribution is 9.10. The Kier molecular flexibility index (Phi) is 5.85. The predicted molar refractivity (Wildman–Crippen MR) is 92.4 cm³/mol. The summed E-state index contributed by atoms with van der Waals surface area (Å²) in [5.74, 6) is 0.710. The molecule has 0 saturated carbocycles. The Morgan fingerprint density at radius 1 is 1.24 bits per heavy atom. The normalized spacial score (nSPS) is 12.1. The molecule has 0 bridgehead atoms. The Labute approximate surface area is 136 Å². The molecule has 118 valence electrons. The Bertz CT molecular complexity index is 498. The van der Waals surface area contributed by atoms with E-state index in [0.717, 1.165) is 17.9 Å². The molecule has 0 saturated heterocycles. The van der Waals surface area contributed by atoms with Crippen LogP contribution in [0.1, 0.15) is 47.1 Å². The SMILES string of the molecule is CCOc1cc(CC(C)(C)Br)ccc1NC(=O)C(C)(C)C. The molecule has 0 unspecified atom stereocenters. The lowest BCUT2D eigenvalue weighted by Crippen LogP contribution is -2.27. The molecule has 0 heterocycles. The van der Waals surface area contributed by atoms with E-state index in [2.05, 4.69) is 35.1 Å². The number of carbonyl (C=O) groups excluding carboxylic acids is 1. The van der Waals surface area contributed by atoms with E-state index in [1.807, 2.05) is 45.9 Å². The van der Waals surface area contributed by atoms with Crippen LogP contribution in [0.3, 0.4) is 0 Å². The highest BCUT2D eigenvalue weighted by atomic mass is 79.9. The Morgan fingerprint density at radius 3 is 2.33 bits per heavy atom. The third-order valence-corrected chi connectivity index (χ3v) is 3.18. The molecule has 0 aromatic heterocycles. The summed E-state index contributed by atoms with van der Waals surface area (Å²) in [4.78, 5) is 12.1. The van der Waals surface area contributed by atoms with Crippen molar-refractivity contribution in [2.24, 2.45) is 5.41 Å². The summed E-state index contributed by atoms with van der Waals surface area (Å²) in [6, 6.07) is 5.96. The smallest absolute Gasteiger partial charge is 0.229 e. The van der Waals surface area contributed by atoms with Crippen LogP contribution in [0.4, 0.5) is 5.69 Å². The number of alkyl halides is 1. The summed E-state index contributed by atoms with van der Waals surface area (Å²) in [6.07, 6.45) is 0.889. The van der Waals surface area contributed by atoms with Crippen LogP contribution < -0.4 is 10.1 Å². The number of carbonyl (C=O) groups is 1. The van der Waals surface area contributed by atoms with Crippen LogP contribution in [0.5, 0.6) is 5.75 Å². The van der Waals surface area contributed by atoms with E-state index in [0.29, 0.717) is 6.61 Å². The van der Waals surface area contributed by atoms with Gasteiger partial charge < -0.3 is 10.1 Å². The topological polar surface area (TPSA) is 38.3 Å². The fourth-order valence-corrected chi connectivity index (χ4v) is 2.17. The van der Waals surface area contributed by atoms with Gasteiger partial charge in [-0.15, -0.1) is 0 Å². The minimum atomic E-state index is -0.431. The number of hydrogen-bond acceptors (Lipinski definition) is 2. The van der Waals surface area contributed by atoms with Gasteiger partial charge in [-0.1, -0.05) is 42.8 Å². The van der Waals surface area contributed by atoms with Gasteiger partial charge in [-0.05, 0) is 44.9 Å². The van der Waals surface area contributed by atoms with Crippen molar-refractivity contribution in [3.05, 3.63) is 23.8 Å². The highest BCUT2D eigenvalue weighted by Crippen LogP contribution is 2.31. The number of nitrogens with one attached hydrogen (secondary N) is 1. The molecule has 4 heteroatoms. The lowest BCUT2D eigenvalue weighted by Gasteiger charge is -2.21. The number of halogens is 1. The van der Waals surface area contributed by atoms with Gasteiger partial charge in [-0.3, -0.25) is 4.79 Å². The number of ether oxygens (including phenoxy) is 1. The van der Waals surface area contributed by atoms with Gasteiger partial charge in [0, 0.05) is 9.74 Å².